The molecule has 0 bridgehead atoms. The van der Waals surface area contributed by atoms with Gasteiger partial charge in [-0.05, 0) is 54.8 Å². The summed E-state index contributed by atoms with van der Waals surface area (Å²) in [5.41, 5.74) is 0. The molecule has 0 amide bonds. The van der Waals surface area contributed by atoms with Crippen molar-refractivity contribution < 1.29 is 187 Å². The Morgan fingerprint density at radius 2 is 0.228 bits per heavy atom. The Bertz CT molecular complexity index is 1370. The largest absolute Gasteiger partial charge is 0.490 e. The average Bonchev–Trinajstić information content (AvgIpc) is 2.51. The van der Waals surface area contributed by atoms with Crippen LogP contribution in [0.1, 0.15) is 0 Å². The van der Waals surface area contributed by atoms with E-state index in [9.17, 15) is 54.8 Å². The highest BCUT2D eigenvalue weighted by Gasteiger charge is 2.41. The van der Waals surface area contributed by atoms with Crippen LogP contribution in [0.3, 0.4) is 0 Å². The highest BCUT2D eigenvalue weighted by molar-refractivity contribution is 7.68. The summed E-state index contributed by atoms with van der Waals surface area (Å²) in [7, 11) is -64.7. The van der Waals surface area contributed by atoms with E-state index in [0.29, 0.717) is 0 Å². The van der Waals surface area contributed by atoms with E-state index in [1.54, 1.807) is 0 Å². The minimum absolute atomic E-state index is 0. The van der Waals surface area contributed by atoms with Gasteiger partial charge in [0.15, 0.2) is 0 Å². The van der Waals surface area contributed by atoms with E-state index in [1.165, 1.54) is 0 Å². The summed E-state index contributed by atoms with van der Waals surface area (Å²) in [5.74, 6) is 0. The Morgan fingerprint density at radius 3 is 0.263 bits per heavy atom. The number of phosphoric acid groups is 12. The molecule has 0 spiro atoms. The quantitative estimate of drug-likeness (QED) is 0.0504. The molecule has 0 aromatic rings. The molecular formula is H40O40P12Si5. The molecule has 0 heterocycles. The third-order valence-corrected chi connectivity index (χ3v) is 15.1. The van der Waals surface area contributed by atoms with Crippen LogP contribution in [0, 0.1) is 0 Å². The topological polar surface area (TPSA) is 683 Å². The van der Waals surface area contributed by atoms with Gasteiger partial charge in [0.05, 0.1) is 0 Å². The molecule has 0 fully saturated rings. The first-order valence-corrected chi connectivity index (χ1v) is 27.3. The summed E-state index contributed by atoms with van der Waals surface area (Å²) in [5, 5.41) is 0. The first-order valence-electron chi connectivity index (χ1n) is 9.11. The van der Waals surface area contributed by atoms with Crippen molar-refractivity contribution in [2.75, 3.05) is 0 Å². The van der Waals surface area contributed by atoms with Crippen molar-refractivity contribution in [2.45, 2.75) is 0 Å². The number of rotatable bonds is 16. The predicted octanol–water partition coefficient (Wildman–Crippen LogP) is -10.0. The fourth-order valence-electron chi connectivity index (χ4n) is 1.13. The second-order valence-corrected chi connectivity index (χ2v) is 23.3. The van der Waals surface area contributed by atoms with Crippen LogP contribution in [0.4, 0.5) is 0 Å². The van der Waals surface area contributed by atoms with E-state index in [4.69, 9.17) is 97.9 Å². The van der Waals surface area contributed by atoms with E-state index in [2.05, 4.69) is 34.5 Å². The van der Waals surface area contributed by atoms with Crippen molar-refractivity contribution in [1.82, 2.24) is 0 Å². The fraction of sp³-hybridized carbons (Fsp3) is 0. The van der Waals surface area contributed by atoms with E-state index in [0.717, 1.165) is 0 Å². The van der Waals surface area contributed by atoms with Crippen LogP contribution < -0.4 is 0 Å². The zero-order valence-electron chi connectivity index (χ0n) is 22.5. The van der Waals surface area contributed by atoms with Crippen LogP contribution in [0.5, 0.6) is 0 Å². The van der Waals surface area contributed by atoms with E-state index < -0.39 is 93.9 Å². The van der Waals surface area contributed by atoms with Crippen molar-refractivity contribution >= 4 is 149 Å². The van der Waals surface area contributed by atoms with Gasteiger partial charge in [-0.15, -0.1) is 0 Å². The predicted molar refractivity (Wildman–Crippen MR) is 201 cm³/mol. The lowest BCUT2D eigenvalue weighted by Crippen LogP contribution is -1.92. The van der Waals surface area contributed by atoms with Gasteiger partial charge in [-0.2, -0.15) is 34.5 Å². The molecule has 360 valence electrons. The number of hydrogen-bond donors (Lipinski definition) is 20. The van der Waals surface area contributed by atoms with Gasteiger partial charge in [-0.25, -0.2) is 54.8 Å². The molecule has 57 heteroatoms. The lowest BCUT2D eigenvalue weighted by molar-refractivity contribution is 0.198. The van der Waals surface area contributed by atoms with Gasteiger partial charge in [0, 0.05) is 0 Å². The third kappa shape index (κ3) is 73.4. The molecule has 0 aromatic heterocycles. The Labute approximate surface area is 335 Å². The van der Waals surface area contributed by atoms with Gasteiger partial charge in [0.2, 0.25) is 0 Å². The summed E-state index contributed by atoms with van der Waals surface area (Å²) in [4.78, 5) is 161. The monoisotopic (exact) mass is 1190 g/mol. The van der Waals surface area contributed by atoms with E-state index in [1.807, 2.05) is 0 Å². The van der Waals surface area contributed by atoms with Crippen molar-refractivity contribution in [3.05, 3.63) is 0 Å². The highest BCUT2D eigenvalue weighted by atomic mass is 31.3. The molecular weight excluding hydrogens is 1150 g/mol. The summed E-state index contributed by atoms with van der Waals surface area (Å²) in [6, 6.07) is 0. The van der Waals surface area contributed by atoms with Crippen LogP contribution in [-0.4, -0.2) is 153 Å². The SMILES string of the molecule is O=P(O)(O)OP(=O)(O)OP(=O)(O)O.O=P(O)(O)OP(=O)(O)OP(=O)(O)O.O=P(O)(O)OP(=O)(O)OP(=O)(O)O.O=P(O)(O)OP(=O)(O)OP(=O)(O)O.[SiH4].[SiH4].[SiH4].[SiH4].[SiH4]. The van der Waals surface area contributed by atoms with E-state index in [-0.39, 0.29) is 54.8 Å². The molecule has 0 saturated heterocycles. The van der Waals surface area contributed by atoms with Crippen LogP contribution in [0.2, 0.25) is 0 Å². The van der Waals surface area contributed by atoms with Crippen molar-refractivity contribution in [3.63, 3.8) is 0 Å². The molecule has 0 aliphatic heterocycles. The smallest absolute Gasteiger partial charge is 0.302 e. The minimum atomic E-state index is -5.46. The van der Waals surface area contributed by atoms with Gasteiger partial charge in [-0.3, -0.25) is 0 Å². The maximum Gasteiger partial charge on any atom is 0.490 e. The molecule has 40 nitrogen and oxygen atoms in total. The lowest BCUT2D eigenvalue weighted by atomic mass is 15.7. The highest BCUT2D eigenvalue weighted by Crippen LogP contribution is 2.67. The molecule has 0 radical (unpaired) electrons. The molecule has 0 saturated carbocycles. The Balaban J connectivity index is -0.0000000748. The van der Waals surface area contributed by atoms with Gasteiger partial charge in [0.25, 0.3) is 0 Å². The second-order valence-electron chi connectivity index (χ2n) is 6.45. The minimum Gasteiger partial charge on any atom is -0.302 e. The average molecular weight is 1190 g/mol. The molecule has 0 rings (SSSR count). The molecule has 0 aliphatic rings. The van der Waals surface area contributed by atoms with Crippen molar-refractivity contribution in [2.24, 2.45) is 0 Å². The molecule has 0 aliphatic carbocycles. The van der Waals surface area contributed by atoms with Crippen molar-refractivity contribution in [3.8, 4) is 0 Å². The van der Waals surface area contributed by atoms with Gasteiger partial charge >= 0.3 is 93.9 Å². The zero-order valence-corrected chi connectivity index (χ0v) is 33.2. The summed E-state index contributed by atoms with van der Waals surface area (Å²) in [6.07, 6.45) is 0. The maximum absolute atomic E-state index is 10.4. The Morgan fingerprint density at radius 1 is 0.175 bits per heavy atom. The van der Waals surface area contributed by atoms with Gasteiger partial charge in [-0.1, -0.05) is 0 Å². The lowest BCUT2D eigenvalue weighted by Gasteiger charge is -2.12. The first kappa shape index (κ1) is 80.0. The molecule has 0 atom stereocenters. The molecule has 20 N–H and O–H groups in total. The third-order valence-electron chi connectivity index (χ3n) is 1.68. The van der Waals surface area contributed by atoms with Crippen molar-refractivity contribution in [1.29, 1.82) is 0 Å². The first-order chi connectivity index (χ1) is 21.7. The summed E-state index contributed by atoms with van der Waals surface area (Å²) >= 11 is 0. The summed E-state index contributed by atoms with van der Waals surface area (Å²) in [6.45, 7) is 0. The fourth-order valence-corrected chi connectivity index (χ4v) is 11.3. The Hall–Kier alpha value is 2.72. The van der Waals surface area contributed by atoms with Crippen LogP contribution in [0.15, 0.2) is 0 Å². The maximum atomic E-state index is 10.4. The van der Waals surface area contributed by atoms with Crippen LogP contribution in [-0.2, 0) is 89.3 Å². The van der Waals surface area contributed by atoms with Gasteiger partial charge in [0.1, 0.15) is 0 Å². The van der Waals surface area contributed by atoms with Crippen LogP contribution >= 0.6 is 93.9 Å². The standard InChI is InChI=1S/4H5O10P3.5H4Si/c4*1-11(2,3)9-13(7,8)10-12(4,5)6;;;;;/h4*(H,7,8)(H2,1,2,3)(H2,4,5,6);5*1H4. The van der Waals surface area contributed by atoms with E-state index >= 15 is 0 Å². The second kappa shape index (κ2) is 28.6. The number of hydrogen-bond acceptors (Lipinski definition) is 20. The normalized spacial score (nSPS) is 13.3. The Kier molecular flexibility index (Phi) is 40.2. The molecule has 0 aromatic carbocycles. The zero-order chi connectivity index (χ0) is 43.7. The molecule has 0 unspecified atom stereocenters. The molecule has 57 heavy (non-hydrogen) atoms. The van der Waals surface area contributed by atoms with Gasteiger partial charge < -0.3 is 97.9 Å². The summed E-state index contributed by atoms with van der Waals surface area (Å²) < 4.78 is 146. The van der Waals surface area contributed by atoms with Crippen LogP contribution in [0.25, 0.3) is 0 Å².